The smallest absolute Gasteiger partial charge is 0.326 e. The van der Waals surface area contributed by atoms with E-state index in [0.29, 0.717) is 0 Å². The van der Waals surface area contributed by atoms with Gasteiger partial charge in [-0.3, -0.25) is 0 Å². The molecule has 0 unspecified atom stereocenters. The Balaban J connectivity index is 1.21. The lowest BCUT2D eigenvalue weighted by Gasteiger charge is -2.22. The van der Waals surface area contributed by atoms with Crippen LogP contribution in [0.5, 0.6) is 23.0 Å². The SMILES string of the molecule is Cc1ccc(OP(Oc2ccc(C)cc2C)c2ccc(Cc3ccc(P(Oc4ccc(C)cc4C)Oc4ccc(C)cc4C)cc3)cc2)c(C)c1. The zero-order valence-corrected chi connectivity index (χ0v) is 32.6. The van der Waals surface area contributed by atoms with E-state index in [4.69, 9.17) is 18.1 Å². The van der Waals surface area contributed by atoms with E-state index in [2.05, 4.69) is 152 Å². The monoisotopic (exact) mass is 712 g/mol. The van der Waals surface area contributed by atoms with Crippen LogP contribution in [0.15, 0.2) is 121 Å². The highest BCUT2D eigenvalue weighted by Gasteiger charge is 2.22. The third-order valence-corrected chi connectivity index (χ3v) is 11.6. The molecule has 0 aliphatic heterocycles. The highest BCUT2D eigenvalue weighted by Crippen LogP contribution is 2.43. The van der Waals surface area contributed by atoms with Crippen molar-refractivity contribution < 1.29 is 18.1 Å². The minimum Gasteiger partial charge on any atom is -0.435 e. The Bertz CT molecular complexity index is 1860. The molecule has 6 aromatic carbocycles. The first-order chi connectivity index (χ1) is 24.5. The number of rotatable bonds is 12. The molecule has 4 nitrogen and oxygen atoms in total. The first kappa shape index (κ1) is 36.2. The normalized spacial score (nSPS) is 11.2. The summed E-state index contributed by atoms with van der Waals surface area (Å²) in [6, 6.07) is 42.3. The summed E-state index contributed by atoms with van der Waals surface area (Å²) >= 11 is 0. The van der Waals surface area contributed by atoms with Gasteiger partial charge in [0.1, 0.15) is 23.0 Å². The van der Waals surface area contributed by atoms with E-state index >= 15 is 0 Å². The van der Waals surface area contributed by atoms with E-state index < -0.39 is 16.8 Å². The predicted octanol–water partition coefficient (Wildman–Crippen LogP) is 11.9. The number of benzene rings is 6. The number of aryl methyl sites for hydroxylation is 8. The average Bonchev–Trinajstić information content (AvgIpc) is 3.09. The van der Waals surface area contributed by atoms with Crippen molar-refractivity contribution in [2.45, 2.75) is 61.8 Å². The molecule has 0 aromatic heterocycles. The lowest BCUT2D eigenvalue weighted by molar-refractivity contribution is 0.497. The standard InChI is InChI=1S/C45H46O4P2/c1-30-9-21-42(34(5)25-30)46-50(47-43-22-10-31(2)26-35(43)6)40-17-13-38(14-18-40)29-39-15-19-41(20-16-39)51(48-44-23-11-32(3)27-36(44)7)49-45-24-12-33(4)28-37(45)8/h9-28H,29H2,1-8H3. The third-order valence-electron chi connectivity index (χ3n) is 8.75. The van der Waals surface area contributed by atoms with E-state index in [0.717, 1.165) is 62.3 Å². The van der Waals surface area contributed by atoms with Crippen LogP contribution in [0.4, 0.5) is 0 Å². The molecule has 0 aliphatic rings. The summed E-state index contributed by atoms with van der Waals surface area (Å²) in [5.41, 5.74) is 11.6. The Hall–Kier alpha value is -4.62. The highest BCUT2D eigenvalue weighted by atomic mass is 31.2. The lowest BCUT2D eigenvalue weighted by atomic mass is 10.1. The minimum atomic E-state index is -1.42. The fourth-order valence-corrected chi connectivity index (χ4v) is 8.73. The maximum atomic E-state index is 6.60. The van der Waals surface area contributed by atoms with Crippen LogP contribution in [0.25, 0.3) is 0 Å². The first-order valence-corrected chi connectivity index (χ1v) is 19.7. The van der Waals surface area contributed by atoms with Gasteiger partial charge in [-0.15, -0.1) is 0 Å². The zero-order chi connectivity index (χ0) is 36.1. The van der Waals surface area contributed by atoms with Crippen LogP contribution in [0, 0.1) is 55.4 Å². The van der Waals surface area contributed by atoms with Crippen LogP contribution in [0.3, 0.4) is 0 Å². The molecule has 0 aliphatic carbocycles. The molecule has 0 amide bonds. The summed E-state index contributed by atoms with van der Waals surface area (Å²) in [6.45, 7) is 16.7. The molecule has 260 valence electrons. The summed E-state index contributed by atoms with van der Waals surface area (Å²) in [4.78, 5) is 0. The van der Waals surface area contributed by atoms with Gasteiger partial charge in [0.25, 0.3) is 0 Å². The molecule has 6 rings (SSSR count). The summed E-state index contributed by atoms with van der Waals surface area (Å²) < 4.78 is 26.4. The Morgan fingerprint density at radius 1 is 0.333 bits per heavy atom. The van der Waals surface area contributed by atoms with E-state index in [1.54, 1.807) is 0 Å². The highest BCUT2D eigenvalue weighted by molar-refractivity contribution is 7.57. The zero-order valence-electron chi connectivity index (χ0n) is 30.8. The molecule has 0 atom stereocenters. The van der Waals surface area contributed by atoms with Crippen molar-refractivity contribution in [3.8, 4) is 23.0 Å². The van der Waals surface area contributed by atoms with E-state index in [1.807, 2.05) is 24.3 Å². The quantitative estimate of drug-likeness (QED) is 0.118. The molecule has 0 spiro atoms. The van der Waals surface area contributed by atoms with Gasteiger partial charge in [-0.05, 0) is 144 Å². The van der Waals surface area contributed by atoms with Crippen LogP contribution < -0.4 is 28.7 Å². The van der Waals surface area contributed by atoms with Gasteiger partial charge in [0, 0.05) is 0 Å². The van der Waals surface area contributed by atoms with Crippen LogP contribution >= 0.6 is 16.8 Å². The molecular weight excluding hydrogens is 666 g/mol. The van der Waals surface area contributed by atoms with Gasteiger partial charge in [0.2, 0.25) is 0 Å². The minimum absolute atomic E-state index is 0.794. The van der Waals surface area contributed by atoms with Crippen molar-refractivity contribution in [3.63, 3.8) is 0 Å². The second-order valence-electron chi connectivity index (χ2n) is 13.5. The van der Waals surface area contributed by atoms with Gasteiger partial charge in [0.05, 0.1) is 10.6 Å². The maximum Gasteiger partial charge on any atom is 0.326 e. The maximum absolute atomic E-state index is 6.60. The summed E-state index contributed by atoms with van der Waals surface area (Å²) in [5, 5.41) is 2.03. The van der Waals surface area contributed by atoms with Crippen molar-refractivity contribution >= 4 is 27.4 Å². The molecule has 0 radical (unpaired) electrons. The van der Waals surface area contributed by atoms with Gasteiger partial charge in [-0.1, -0.05) is 95.1 Å². The molecule has 0 fully saturated rings. The van der Waals surface area contributed by atoms with Crippen molar-refractivity contribution in [3.05, 3.63) is 177 Å². The Labute approximate surface area is 306 Å². The fourth-order valence-electron chi connectivity index (χ4n) is 5.92. The molecule has 51 heavy (non-hydrogen) atoms. The molecule has 6 aromatic rings. The average molecular weight is 713 g/mol. The Kier molecular flexibility index (Phi) is 11.5. The second-order valence-corrected chi connectivity index (χ2v) is 16.3. The molecule has 0 saturated carbocycles. The lowest BCUT2D eigenvalue weighted by Crippen LogP contribution is -2.12. The molecule has 0 saturated heterocycles. The predicted molar refractivity (Wildman–Crippen MR) is 215 cm³/mol. The van der Waals surface area contributed by atoms with Gasteiger partial charge in [-0.25, -0.2) is 0 Å². The Morgan fingerprint density at radius 2 is 0.588 bits per heavy atom. The van der Waals surface area contributed by atoms with Crippen LogP contribution in [-0.2, 0) is 6.42 Å². The topological polar surface area (TPSA) is 36.9 Å². The summed E-state index contributed by atoms with van der Waals surface area (Å²) in [5.74, 6) is 3.35. The van der Waals surface area contributed by atoms with Crippen molar-refractivity contribution in [1.82, 2.24) is 0 Å². The van der Waals surface area contributed by atoms with Gasteiger partial charge in [-0.2, -0.15) is 0 Å². The molecule has 0 bridgehead atoms. The van der Waals surface area contributed by atoms with Gasteiger partial charge >= 0.3 is 16.8 Å². The fraction of sp³-hybridized carbons (Fsp3) is 0.200. The van der Waals surface area contributed by atoms with Crippen molar-refractivity contribution in [2.24, 2.45) is 0 Å². The molecule has 6 heteroatoms. The summed E-state index contributed by atoms with van der Waals surface area (Å²) in [6.07, 6.45) is 0.794. The second kappa shape index (κ2) is 16.2. The van der Waals surface area contributed by atoms with Crippen LogP contribution in [0.2, 0.25) is 0 Å². The van der Waals surface area contributed by atoms with Crippen LogP contribution in [0.1, 0.15) is 55.6 Å². The van der Waals surface area contributed by atoms with E-state index in [-0.39, 0.29) is 0 Å². The van der Waals surface area contributed by atoms with Gasteiger partial charge in [0.15, 0.2) is 0 Å². The Morgan fingerprint density at radius 3 is 0.824 bits per heavy atom. The molecule has 0 N–H and O–H groups in total. The van der Waals surface area contributed by atoms with Crippen LogP contribution in [-0.4, -0.2) is 0 Å². The molecular formula is C45H46O4P2. The number of hydrogen-bond donors (Lipinski definition) is 0. The van der Waals surface area contributed by atoms with E-state index in [9.17, 15) is 0 Å². The summed E-state index contributed by atoms with van der Waals surface area (Å²) in [7, 11) is -2.84. The van der Waals surface area contributed by atoms with E-state index in [1.165, 1.54) is 33.4 Å². The van der Waals surface area contributed by atoms with Crippen molar-refractivity contribution in [1.29, 1.82) is 0 Å². The molecule has 0 heterocycles. The largest absolute Gasteiger partial charge is 0.435 e. The first-order valence-electron chi connectivity index (χ1n) is 17.3. The third kappa shape index (κ3) is 9.39. The van der Waals surface area contributed by atoms with Gasteiger partial charge < -0.3 is 18.1 Å². The van der Waals surface area contributed by atoms with Crippen molar-refractivity contribution in [2.75, 3.05) is 0 Å². The number of hydrogen-bond acceptors (Lipinski definition) is 4.